The SMILES string of the molecule is C/C(=N/NC(=O)Cc1csc(N2CCOCC2)n1)c1ccc(F)cc1F. The lowest BCUT2D eigenvalue weighted by molar-refractivity contribution is -0.120. The number of thiazole rings is 1. The molecular weight excluding hydrogens is 362 g/mol. The number of aromatic nitrogens is 1. The number of rotatable bonds is 5. The number of benzene rings is 1. The molecule has 0 unspecified atom stereocenters. The topological polar surface area (TPSA) is 66.8 Å². The van der Waals surface area contributed by atoms with Crippen molar-refractivity contribution in [3.05, 3.63) is 46.5 Å². The first-order valence-electron chi connectivity index (χ1n) is 8.08. The van der Waals surface area contributed by atoms with Crippen molar-refractivity contribution in [2.24, 2.45) is 5.10 Å². The van der Waals surface area contributed by atoms with Crippen molar-refractivity contribution in [2.45, 2.75) is 13.3 Å². The highest BCUT2D eigenvalue weighted by molar-refractivity contribution is 7.13. The Bertz CT molecular complexity index is 819. The molecule has 0 radical (unpaired) electrons. The number of morpholine rings is 1. The minimum Gasteiger partial charge on any atom is -0.378 e. The van der Waals surface area contributed by atoms with Gasteiger partial charge in [-0.15, -0.1) is 11.3 Å². The molecule has 26 heavy (non-hydrogen) atoms. The molecule has 1 fully saturated rings. The lowest BCUT2D eigenvalue weighted by atomic mass is 10.1. The Morgan fingerprint density at radius 2 is 2.15 bits per heavy atom. The van der Waals surface area contributed by atoms with E-state index >= 15 is 0 Å². The van der Waals surface area contributed by atoms with Crippen molar-refractivity contribution < 1.29 is 18.3 Å². The Morgan fingerprint density at radius 1 is 1.38 bits per heavy atom. The zero-order chi connectivity index (χ0) is 18.5. The number of ether oxygens (including phenoxy) is 1. The minimum atomic E-state index is -0.727. The molecule has 1 aromatic heterocycles. The van der Waals surface area contributed by atoms with E-state index in [1.165, 1.54) is 24.3 Å². The van der Waals surface area contributed by atoms with E-state index in [-0.39, 0.29) is 23.6 Å². The van der Waals surface area contributed by atoms with Gasteiger partial charge in [-0.1, -0.05) is 0 Å². The van der Waals surface area contributed by atoms with E-state index in [4.69, 9.17) is 4.74 Å². The summed E-state index contributed by atoms with van der Waals surface area (Å²) in [6, 6.07) is 3.20. The van der Waals surface area contributed by atoms with Gasteiger partial charge in [0.15, 0.2) is 5.13 Å². The molecule has 0 bridgehead atoms. The number of amides is 1. The molecular formula is C17H18F2N4O2S. The maximum atomic E-state index is 13.7. The van der Waals surface area contributed by atoms with E-state index < -0.39 is 11.6 Å². The van der Waals surface area contributed by atoms with Gasteiger partial charge in [-0.05, 0) is 19.1 Å². The van der Waals surface area contributed by atoms with Crippen LogP contribution in [0.5, 0.6) is 0 Å². The lowest BCUT2D eigenvalue weighted by Gasteiger charge is -2.26. The zero-order valence-corrected chi connectivity index (χ0v) is 15.0. The number of halogens is 2. The van der Waals surface area contributed by atoms with Gasteiger partial charge in [0.2, 0.25) is 5.91 Å². The van der Waals surface area contributed by atoms with Crippen molar-refractivity contribution >= 4 is 28.1 Å². The third kappa shape index (κ3) is 4.61. The number of anilines is 1. The summed E-state index contributed by atoms with van der Waals surface area (Å²) in [7, 11) is 0. The first kappa shape index (κ1) is 18.4. The fraction of sp³-hybridized carbons (Fsp3) is 0.353. The number of hydrogen-bond donors (Lipinski definition) is 1. The number of hydrogen-bond acceptors (Lipinski definition) is 6. The van der Waals surface area contributed by atoms with Gasteiger partial charge >= 0.3 is 0 Å². The van der Waals surface area contributed by atoms with Crippen LogP contribution in [0.15, 0.2) is 28.7 Å². The highest BCUT2D eigenvalue weighted by Crippen LogP contribution is 2.21. The molecule has 138 valence electrons. The molecule has 0 spiro atoms. The second kappa shape index (κ2) is 8.33. The predicted molar refractivity (Wildman–Crippen MR) is 95.6 cm³/mol. The Labute approximate surface area is 153 Å². The number of hydrazone groups is 1. The number of nitrogens with zero attached hydrogens (tertiary/aromatic N) is 3. The largest absolute Gasteiger partial charge is 0.378 e. The lowest BCUT2D eigenvalue weighted by Crippen LogP contribution is -2.36. The fourth-order valence-corrected chi connectivity index (χ4v) is 3.35. The normalized spacial score (nSPS) is 15.2. The third-order valence-electron chi connectivity index (χ3n) is 3.83. The van der Waals surface area contributed by atoms with Gasteiger partial charge in [-0.3, -0.25) is 4.79 Å². The molecule has 0 saturated carbocycles. The Hall–Kier alpha value is -2.39. The summed E-state index contributed by atoms with van der Waals surface area (Å²) in [5, 5.41) is 6.58. The van der Waals surface area contributed by atoms with Crippen LogP contribution >= 0.6 is 11.3 Å². The number of carbonyl (C=O) groups is 1. The minimum absolute atomic E-state index is 0.0729. The van der Waals surface area contributed by atoms with Crippen molar-refractivity contribution in [1.82, 2.24) is 10.4 Å². The van der Waals surface area contributed by atoms with Gasteiger partial charge in [0, 0.05) is 30.1 Å². The molecule has 1 aliphatic rings. The Morgan fingerprint density at radius 3 is 2.88 bits per heavy atom. The number of carbonyl (C=O) groups excluding carboxylic acids is 1. The average molecular weight is 380 g/mol. The zero-order valence-electron chi connectivity index (χ0n) is 14.2. The van der Waals surface area contributed by atoms with Crippen LogP contribution in [0.1, 0.15) is 18.2 Å². The summed E-state index contributed by atoms with van der Waals surface area (Å²) in [6.07, 6.45) is 0.0729. The monoisotopic (exact) mass is 380 g/mol. The summed E-state index contributed by atoms with van der Waals surface area (Å²) in [5.41, 5.74) is 3.41. The van der Waals surface area contributed by atoms with Crippen LogP contribution in [0.3, 0.4) is 0 Å². The average Bonchev–Trinajstić information content (AvgIpc) is 3.09. The van der Waals surface area contributed by atoms with Crippen molar-refractivity contribution in [3.8, 4) is 0 Å². The first-order valence-corrected chi connectivity index (χ1v) is 8.96. The molecule has 1 N–H and O–H groups in total. The summed E-state index contributed by atoms with van der Waals surface area (Å²) in [6.45, 7) is 4.44. The molecule has 1 aromatic carbocycles. The van der Waals surface area contributed by atoms with E-state index in [2.05, 4.69) is 20.4 Å². The van der Waals surface area contributed by atoms with Gasteiger partial charge in [0.1, 0.15) is 11.6 Å². The standard InChI is InChI=1S/C17H18F2N4O2S/c1-11(14-3-2-12(18)8-15(14)19)21-22-16(24)9-13-10-26-17(20-13)23-4-6-25-7-5-23/h2-3,8,10H,4-7,9H2,1H3,(H,22,24)/b21-11-. The molecule has 2 heterocycles. The van der Waals surface area contributed by atoms with E-state index in [9.17, 15) is 13.6 Å². The van der Waals surface area contributed by atoms with Crippen molar-refractivity contribution in [2.75, 3.05) is 31.2 Å². The van der Waals surface area contributed by atoms with Crippen LogP contribution in [-0.2, 0) is 16.0 Å². The molecule has 0 atom stereocenters. The highest BCUT2D eigenvalue weighted by atomic mass is 32.1. The first-order chi connectivity index (χ1) is 12.5. The fourth-order valence-electron chi connectivity index (χ4n) is 2.47. The molecule has 0 aliphatic carbocycles. The van der Waals surface area contributed by atoms with E-state index in [0.29, 0.717) is 18.9 Å². The second-order valence-electron chi connectivity index (χ2n) is 5.75. The summed E-state index contributed by atoms with van der Waals surface area (Å²) in [4.78, 5) is 18.6. The van der Waals surface area contributed by atoms with Crippen molar-refractivity contribution in [3.63, 3.8) is 0 Å². The van der Waals surface area contributed by atoms with Gasteiger partial charge in [0.05, 0.1) is 31.0 Å². The molecule has 6 nitrogen and oxygen atoms in total. The molecule has 9 heteroatoms. The molecule has 2 aromatic rings. The van der Waals surface area contributed by atoms with Crippen LogP contribution in [0.25, 0.3) is 0 Å². The quantitative estimate of drug-likeness (QED) is 0.639. The summed E-state index contributed by atoms with van der Waals surface area (Å²) in [5.74, 6) is -1.75. The Kier molecular flexibility index (Phi) is 5.89. The van der Waals surface area contributed by atoms with Crippen LogP contribution in [0.2, 0.25) is 0 Å². The highest BCUT2D eigenvalue weighted by Gasteiger charge is 2.16. The van der Waals surface area contributed by atoms with Gasteiger partial charge in [-0.25, -0.2) is 19.2 Å². The van der Waals surface area contributed by atoms with E-state index in [1.807, 2.05) is 5.38 Å². The Balaban J connectivity index is 1.57. The van der Waals surface area contributed by atoms with Crippen LogP contribution in [-0.4, -0.2) is 42.9 Å². The van der Waals surface area contributed by atoms with E-state index in [1.54, 1.807) is 0 Å². The van der Waals surface area contributed by atoms with Crippen LogP contribution in [0, 0.1) is 11.6 Å². The second-order valence-corrected chi connectivity index (χ2v) is 6.59. The molecule has 3 rings (SSSR count). The van der Waals surface area contributed by atoms with Gasteiger partial charge in [-0.2, -0.15) is 5.10 Å². The smallest absolute Gasteiger partial charge is 0.246 e. The maximum Gasteiger partial charge on any atom is 0.246 e. The van der Waals surface area contributed by atoms with E-state index in [0.717, 1.165) is 30.4 Å². The molecule has 1 amide bonds. The predicted octanol–water partition coefficient (Wildman–Crippen LogP) is 2.34. The van der Waals surface area contributed by atoms with Crippen LogP contribution in [0.4, 0.5) is 13.9 Å². The third-order valence-corrected chi connectivity index (χ3v) is 4.78. The summed E-state index contributed by atoms with van der Waals surface area (Å²) < 4.78 is 31.9. The van der Waals surface area contributed by atoms with Gasteiger partial charge in [0.25, 0.3) is 0 Å². The maximum absolute atomic E-state index is 13.7. The van der Waals surface area contributed by atoms with Gasteiger partial charge < -0.3 is 9.64 Å². The van der Waals surface area contributed by atoms with Crippen molar-refractivity contribution in [1.29, 1.82) is 0 Å². The van der Waals surface area contributed by atoms with Crippen LogP contribution < -0.4 is 10.3 Å². The molecule has 1 saturated heterocycles. The summed E-state index contributed by atoms with van der Waals surface area (Å²) >= 11 is 1.48. The molecule has 1 aliphatic heterocycles. The number of nitrogens with one attached hydrogen (secondary N) is 1.